The summed E-state index contributed by atoms with van der Waals surface area (Å²) in [6.45, 7) is 25.5. The average Bonchev–Trinajstić information content (AvgIpc) is 2.88. The van der Waals surface area contributed by atoms with E-state index >= 15 is 0 Å². The van der Waals surface area contributed by atoms with Crippen LogP contribution < -0.4 is 0 Å². The van der Waals surface area contributed by atoms with Crippen LogP contribution in [0.5, 0.6) is 0 Å². The van der Waals surface area contributed by atoms with Crippen molar-refractivity contribution in [2.45, 2.75) is 123 Å². The van der Waals surface area contributed by atoms with Gasteiger partial charge in [0.15, 0.2) is 0 Å². The molecule has 0 radical (unpaired) electrons. The normalized spacial score (nSPS) is 32.4. The van der Waals surface area contributed by atoms with Crippen molar-refractivity contribution in [3.63, 3.8) is 0 Å². The van der Waals surface area contributed by atoms with Crippen LogP contribution in [0.25, 0.3) is 0 Å². The number of hydrogen-bond donors (Lipinski definition) is 0. The zero-order valence-electron chi connectivity index (χ0n) is 20.1. The summed E-state index contributed by atoms with van der Waals surface area (Å²) in [6, 6.07) is 4.39. The van der Waals surface area contributed by atoms with Gasteiger partial charge in [-0.05, 0) is 81.1 Å². The van der Waals surface area contributed by atoms with Crippen LogP contribution in [-0.4, -0.2) is 94.1 Å². The second-order valence-electron chi connectivity index (χ2n) is 11.2. The lowest BCUT2D eigenvalue weighted by atomic mass is 9.93. The standard InChI is InChI=1S/C24H48N4/c1-18(2)25-13-14-27(24(7,8)17-25)21(6)10-9-20(5)26-15-22-11-12-23(16-26)28(22)19(3)4/h18-23H,9-17H2,1-8H3/t20?,21?,22-,23+. The highest BCUT2D eigenvalue weighted by atomic mass is 15.3. The molecule has 0 spiro atoms. The van der Waals surface area contributed by atoms with E-state index in [9.17, 15) is 0 Å². The molecule has 2 bridgehead atoms. The number of rotatable bonds is 7. The van der Waals surface area contributed by atoms with Gasteiger partial charge in [-0.1, -0.05) is 0 Å². The van der Waals surface area contributed by atoms with Gasteiger partial charge in [-0.25, -0.2) is 0 Å². The Bertz CT molecular complexity index is 489. The lowest BCUT2D eigenvalue weighted by molar-refractivity contribution is -0.0231. The van der Waals surface area contributed by atoms with Crippen LogP contribution in [0.1, 0.15) is 81.1 Å². The highest BCUT2D eigenvalue weighted by Crippen LogP contribution is 2.33. The van der Waals surface area contributed by atoms with Gasteiger partial charge in [0.05, 0.1) is 0 Å². The van der Waals surface area contributed by atoms with Crippen molar-refractivity contribution in [3.05, 3.63) is 0 Å². The Morgan fingerprint density at radius 2 is 1.32 bits per heavy atom. The van der Waals surface area contributed by atoms with E-state index in [1.807, 2.05) is 0 Å². The van der Waals surface area contributed by atoms with Crippen LogP contribution in [0.4, 0.5) is 0 Å². The number of hydrogen-bond acceptors (Lipinski definition) is 4. The molecule has 4 atom stereocenters. The van der Waals surface area contributed by atoms with E-state index in [0.717, 1.165) is 18.1 Å². The van der Waals surface area contributed by atoms with Crippen LogP contribution >= 0.6 is 0 Å². The second-order valence-corrected chi connectivity index (χ2v) is 11.2. The molecule has 0 aromatic rings. The minimum Gasteiger partial charge on any atom is -0.298 e. The Balaban J connectivity index is 1.49. The molecule has 3 aliphatic rings. The van der Waals surface area contributed by atoms with Crippen LogP contribution in [0.2, 0.25) is 0 Å². The quantitative estimate of drug-likeness (QED) is 0.651. The molecule has 3 aliphatic heterocycles. The van der Waals surface area contributed by atoms with Gasteiger partial charge in [-0.3, -0.25) is 19.6 Å². The van der Waals surface area contributed by atoms with Crippen molar-refractivity contribution in [1.29, 1.82) is 0 Å². The summed E-state index contributed by atoms with van der Waals surface area (Å²) in [5.74, 6) is 0. The van der Waals surface area contributed by atoms with E-state index in [1.54, 1.807) is 0 Å². The van der Waals surface area contributed by atoms with Crippen molar-refractivity contribution in [3.8, 4) is 0 Å². The Morgan fingerprint density at radius 1 is 0.750 bits per heavy atom. The second kappa shape index (κ2) is 8.91. The van der Waals surface area contributed by atoms with Gasteiger partial charge in [-0.2, -0.15) is 0 Å². The molecule has 4 nitrogen and oxygen atoms in total. The molecule has 3 heterocycles. The molecule has 0 aliphatic carbocycles. The fraction of sp³-hybridized carbons (Fsp3) is 1.00. The number of fused-ring (bicyclic) bond motifs is 2. The third kappa shape index (κ3) is 4.77. The van der Waals surface area contributed by atoms with Crippen LogP contribution in [0.15, 0.2) is 0 Å². The van der Waals surface area contributed by atoms with Gasteiger partial charge in [0.25, 0.3) is 0 Å². The topological polar surface area (TPSA) is 13.0 Å². The molecule has 2 unspecified atom stereocenters. The first-order valence-electron chi connectivity index (χ1n) is 12.1. The number of nitrogens with zero attached hydrogens (tertiary/aromatic N) is 4. The molecular formula is C24H48N4. The molecule has 4 heteroatoms. The SMILES string of the molecule is CC(C)N1CCN(C(C)CCC(C)N2C[C@H]3CC[C@@H](C2)N3C(C)C)C(C)(C)C1. The lowest BCUT2D eigenvalue weighted by Gasteiger charge is -2.51. The lowest BCUT2D eigenvalue weighted by Crippen LogP contribution is -2.62. The van der Waals surface area contributed by atoms with Gasteiger partial charge in [0.2, 0.25) is 0 Å². The molecule has 3 rings (SSSR count). The fourth-order valence-corrected chi connectivity index (χ4v) is 6.46. The van der Waals surface area contributed by atoms with E-state index in [-0.39, 0.29) is 5.54 Å². The first-order valence-corrected chi connectivity index (χ1v) is 12.1. The third-order valence-corrected chi connectivity index (χ3v) is 8.05. The van der Waals surface area contributed by atoms with Crippen molar-refractivity contribution in [1.82, 2.24) is 19.6 Å². The predicted octanol–water partition coefficient (Wildman–Crippen LogP) is 3.91. The Morgan fingerprint density at radius 3 is 1.82 bits per heavy atom. The largest absolute Gasteiger partial charge is 0.298 e. The molecule has 3 fully saturated rings. The smallest absolute Gasteiger partial charge is 0.0283 e. The molecular weight excluding hydrogens is 344 g/mol. The summed E-state index contributed by atoms with van der Waals surface area (Å²) in [5, 5.41) is 0. The third-order valence-electron chi connectivity index (χ3n) is 8.05. The van der Waals surface area contributed by atoms with Gasteiger partial charge in [0.1, 0.15) is 0 Å². The summed E-state index contributed by atoms with van der Waals surface area (Å²) in [7, 11) is 0. The minimum absolute atomic E-state index is 0.285. The summed E-state index contributed by atoms with van der Waals surface area (Å²) >= 11 is 0. The molecule has 3 saturated heterocycles. The van der Waals surface area contributed by atoms with Gasteiger partial charge in [0, 0.05) is 74.5 Å². The van der Waals surface area contributed by atoms with Crippen LogP contribution in [-0.2, 0) is 0 Å². The van der Waals surface area contributed by atoms with E-state index in [2.05, 4.69) is 75.0 Å². The maximum atomic E-state index is 2.82. The van der Waals surface area contributed by atoms with Crippen molar-refractivity contribution in [2.24, 2.45) is 0 Å². The molecule has 0 aromatic carbocycles. The molecule has 0 saturated carbocycles. The van der Waals surface area contributed by atoms with E-state index in [0.29, 0.717) is 18.1 Å². The number of likely N-dealkylation sites (tertiary alicyclic amines) is 1. The Hall–Kier alpha value is -0.160. The van der Waals surface area contributed by atoms with Crippen molar-refractivity contribution < 1.29 is 0 Å². The average molecular weight is 393 g/mol. The minimum atomic E-state index is 0.285. The Kier molecular flexibility index (Phi) is 7.17. The maximum absolute atomic E-state index is 2.82. The maximum Gasteiger partial charge on any atom is 0.0283 e. The highest BCUT2D eigenvalue weighted by molar-refractivity contribution is 4.98. The molecule has 28 heavy (non-hydrogen) atoms. The van der Waals surface area contributed by atoms with E-state index in [1.165, 1.54) is 58.4 Å². The van der Waals surface area contributed by atoms with Crippen molar-refractivity contribution >= 4 is 0 Å². The van der Waals surface area contributed by atoms with E-state index in [4.69, 9.17) is 0 Å². The first kappa shape index (κ1) is 22.5. The summed E-state index contributed by atoms with van der Waals surface area (Å²) in [5.41, 5.74) is 0.285. The molecule has 0 aromatic heterocycles. The molecule has 0 amide bonds. The number of piperazine rings is 2. The van der Waals surface area contributed by atoms with E-state index < -0.39 is 0 Å². The fourth-order valence-electron chi connectivity index (χ4n) is 6.46. The van der Waals surface area contributed by atoms with Crippen LogP contribution in [0.3, 0.4) is 0 Å². The van der Waals surface area contributed by atoms with Crippen molar-refractivity contribution in [2.75, 3.05) is 32.7 Å². The Labute approximate surface area is 175 Å². The summed E-state index contributed by atoms with van der Waals surface area (Å²) < 4.78 is 0. The van der Waals surface area contributed by atoms with Crippen LogP contribution in [0, 0.1) is 0 Å². The zero-order valence-corrected chi connectivity index (χ0v) is 20.1. The van der Waals surface area contributed by atoms with Gasteiger partial charge < -0.3 is 0 Å². The van der Waals surface area contributed by atoms with Gasteiger partial charge in [-0.15, -0.1) is 0 Å². The van der Waals surface area contributed by atoms with Gasteiger partial charge >= 0.3 is 0 Å². The highest BCUT2D eigenvalue weighted by Gasteiger charge is 2.42. The molecule has 164 valence electrons. The summed E-state index contributed by atoms with van der Waals surface area (Å²) in [4.78, 5) is 11.1. The predicted molar refractivity (Wildman–Crippen MR) is 121 cm³/mol. The monoisotopic (exact) mass is 392 g/mol. The molecule has 0 N–H and O–H groups in total. The first-order chi connectivity index (χ1) is 13.1. The zero-order chi connectivity index (χ0) is 20.6. The summed E-state index contributed by atoms with van der Waals surface area (Å²) in [6.07, 6.45) is 5.49.